The van der Waals surface area contributed by atoms with Crippen molar-refractivity contribution >= 4 is 17.7 Å². The van der Waals surface area contributed by atoms with Gasteiger partial charge in [0.05, 0.1) is 12.4 Å². The second kappa shape index (κ2) is 7.53. The molecule has 0 aliphatic carbocycles. The maximum absolute atomic E-state index is 12.4. The summed E-state index contributed by atoms with van der Waals surface area (Å²) < 4.78 is 4.20. The van der Waals surface area contributed by atoms with Gasteiger partial charge in [0.1, 0.15) is 0 Å². The highest BCUT2D eigenvalue weighted by Gasteiger charge is 2.40. The van der Waals surface area contributed by atoms with Crippen molar-refractivity contribution in [3.8, 4) is 12.3 Å². The van der Waals surface area contributed by atoms with Crippen molar-refractivity contribution in [2.75, 3.05) is 12.4 Å². The topological polar surface area (TPSA) is 26.3 Å². The van der Waals surface area contributed by atoms with Crippen LogP contribution in [0.2, 0.25) is 0 Å². The van der Waals surface area contributed by atoms with Crippen LogP contribution in [-0.2, 0) is 14.3 Å². The van der Waals surface area contributed by atoms with Gasteiger partial charge in [-0.25, -0.2) is 4.79 Å². The first-order valence-corrected chi connectivity index (χ1v) is 6.87. The summed E-state index contributed by atoms with van der Waals surface area (Å²) in [7, 11) is 0. The fourth-order valence-corrected chi connectivity index (χ4v) is 2.62. The average Bonchev–Trinajstić information content (AvgIpc) is 2.44. The fourth-order valence-electron chi connectivity index (χ4n) is 1.67. The minimum absolute atomic E-state index is 0.314. The molecule has 0 saturated heterocycles. The number of ether oxygens (including phenoxy) is 1. The second-order valence-corrected chi connectivity index (χ2v) is 4.88. The Hall–Kier alpha value is -1.88. The fraction of sp³-hybridized carbons (Fsp3) is 0.250. The van der Waals surface area contributed by atoms with Crippen LogP contribution >= 0.6 is 11.8 Å². The zero-order valence-corrected chi connectivity index (χ0v) is 11.7. The molecule has 0 spiro atoms. The number of carbonyl (C=O) groups is 1. The summed E-state index contributed by atoms with van der Waals surface area (Å²) in [6.07, 6.45) is 6.92. The highest BCUT2D eigenvalue weighted by molar-refractivity contribution is 8.01. The number of hydrogen-bond donors (Lipinski definition) is 0. The Labute approximate surface area is 118 Å². The van der Waals surface area contributed by atoms with E-state index in [0.29, 0.717) is 12.4 Å². The lowest BCUT2D eigenvalue weighted by molar-refractivity contribution is -0.144. The first-order chi connectivity index (χ1) is 9.21. The van der Waals surface area contributed by atoms with E-state index in [2.05, 4.69) is 18.2 Å². The van der Waals surface area contributed by atoms with Crippen LogP contribution in [0.4, 0.5) is 0 Å². The molecule has 0 N–H and O–H groups in total. The predicted octanol–water partition coefficient (Wildman–Crippen LogP) is 3.15. The summed E-state index contributed by atoms with van der Waals surface area (Å²) in [5.74, 6) is 2.58. The molecule has 0 aliphatic heterocycles. The molecule has 1 atom stereocenters. The number of thioether (sulfide) groups is 1. The molecule has 3 heteroatoms. The van der Waals surface area contributed by atoms with E-state index in [4.69, 9.17) is 11.2 Å². The van der Waals surface area contributed by atoms with Crippen LogP contribution in [0.25, 0.3) is 0 Å². The molecule has 0 aromatic heterocycles. The van der Waals surface area contributed by atoms with E-state index in [1.807, 2.05) is 30.3 Å². The van der Waals surface area contributed by atoms with E-state index >= 15 is 0 Å². The maximum Gasteiger partial charge on any atom is 0.331 e. The van der Waals surface area contributed by atoms with Gasteiger partial charge >= 0.3 is 5.97 Å². The molecule has 0 heterocycles. The molecule has 0 bridgehead atoms. The first-order valence-electron chi connectivity index (χ1n) is 5.88. The van der Waals surface area contributed by atoms with Crippen molar-refractivity contribution in [3.63, 3.8) is 0 Å². The second-order valence-electron chi connectivity index (χ2n) is 3.66. The lowest BCUT2D eigenvalue weighted by Crippen LogP contribution is -2.32. The maximum atomic E-state index is 12.4. The first kappa shape index (κ1) is 15.2. The van der Waals surface area contributed by atoms with Gasteiger partial charge in [0.25, 0.3) is 0 Å². The summed E-state index contributed by atoms with van der Waals surface area (Å²) in [6, 6.07) is 9.37. The van der Waals surface area contributed by atoms with Gasteiger partial charge in [-0.2, -0.15) is 0 Å². The van der Waals surface area contributed by atoms with E-state index in [1.54, 1.807) is 13.0 Å². The normalized spacial score (nSPS) is 12.6. The van der Waals surface area contributed by atoms with Crippen molar-refractivity contribution in [3.05, 3.63) is 54.3 Å². The van der Waals surface area contributed by atoms with Crippen LogP contribution in [0.5, 0.6) is 0 Å². The van der Waals surface area contributed by atoms with Gasteiger partial charge in [0.15, 0.2) is 4.75 Å². The zero-order chi connectivity index (χ0) is 14.1. The van der Waals surface area contributed by atoms with Gasteiger partial charge in [-0.1, -0.05) is 42.8 Å². The minimum atomic E-state index is -0.981. The summed E-state index contributed by atoms with van der Waals surface area (Å²) >= 11 is 1.33. The number of terminal acetylenes is 1. The van der Waals surface area contributed by atoms with Gasteiger partial charge in [0.2, 0.25) is 0 Å². The summed E-state index contributed by atoms with van der Waals surface area (Å²) in [5.41, 5.74) is 3.50. The average molecular weight is 272 g/mol. The van der Waals surface area contributed by atoms with E-state index in [1.165, 1.54) is 11.8 Å². The zero-order valence-electron chi connectivity index (χ0n) is 10.9. The van der Waals surface area contributed by atoms with Crippen molar-refractivity contribution in [2.45, 2.75) is 11.7 Å². The molecule has 1 rings (SSSR count). The van der Waals surface area contributed by atoms with Gasteiger partial charge in [-0.05, 0) is 18.6 Å². The van der Waals surface area contributed by atoms with Crippen LogP contribution in [0.15, 0.2) is 48.7 Å². The molecule has 1 aromatic rings. The van der Waals surface area contributed by atoms with E-state index in [0.717, 1.165) is 5.56 Å². The predicted molar refractivity (Wildman–Crippen MR) is 79.8 cm³/mol. The molecular formula is C16H16O2S. The van der Waals surface area contributed by atoms with Crippen LogP contribution in [0, 0.1) is 12.3 Å². The third-order valence-electron chi connectivity index (χ3n) is 2.47. The molecule has 2 nitrogen and oxygen atoms in total. The SMILES string of the molecule is C#CCSC(C=C=C)(C(=O)OCC)c1ccccc1. The van der Waals surface area contributed by atoms with Crippen LogP contribution in [-0.4, -0.2) is 18.3 Å². The standard InChI is InChI=1S/C16H16O2S/c1-4-12-16(19-13-5-2,15(17)18-6-3)14-10-8-7-9-11-14/h2,7-12H,1,6,13H2,3H3. The Kier molecular flexibility index (Phi) is 6.02. The lowest BCUT2D eigenvalue weighted by atomic mass is 9.98. The van der Waals surface area contributed by atoms with Crippen LogP contribution < -0.4 is 0 Å². The number of esters is 1. The molecule has 0 saturated carbocycles. The molecule has 1 aromatic carbocycles. The monoisotopic (exact) mass is 272 g/mol. The smallest absolute Gasteiger partial charge is 0.331 e. The molecule has 0 fully saturated rings. The Balaban J connectivity index is 3.31. The van der Waals surface area contributed by atoms with Gasteiger partial charge < -0.3 is 4.74 Å². The molecule has 0 aliphatic rings. The summed E-state index contributed by atoms with van der Waals surface area (Å²) in [5, 5.41) is 0. The van der Waals surface area contributed by atoms with E-state index in [9.17, 15) is 4.79 Å². The summed E-state index contributed by atoms with van der Waals surface area (Å²) in [6.45, 7) is 5.66. The molecule has 0 radical (unpaired) electrons. The Bertz CT molecular complexity index is 509. The molecular weight excluding hydrogens is 256 g/mol. The molecule has 19 heavy (non-hydrogen) atoms. The molecule has 98 valence electrons. The minimum Gasteiger partial charge on any atom is -0.464 e. The van der Waals surface area contributed by atoms with E-state index in [-0.39, 0.29) is 5.97 Å². The molecule has 0 amide bonds. The van der Waals surface area contributed by atoms with Crippen LogP contribution in [0.3, 0.4) is 0 Å². The number of hydrogen-bond acceptors (Lipinski definition) is 3. The lowest BCUT2D eigenvalue weighted by Gasteiger charge is -2.26. The Morgan fingerprint density at radius 3 is 2.74 bits per heavy atom. The number of benzene rings is 1. The van der Waals surface area contributed by atoms with E-state index < -0.39 is 4.75 Å². The number of rotatable bonds is 6. The van der Waals surface area contributed by atoms with Gasteiger partial charge in [0, 0.05) is 0 Å². The highest BCUT2D eigenvalue weighted by atomic mass is 32.2. The van der Waals surface area contributed by atoms with Gasteiger partial charge in [-0.3, -0.25) is 0 Å². The van der Waals surface area contributed by atoms with Crippen molar-refractivity contribution in [2.24, 2.45) is 0 Å². The Morgan fingerprint density at radius 2 is 2.21 bits per heavy atom. The number of carbonyl (C=O) groups excluding carboxylic acids is 1. The largest absolute Gasteiger partial charge is 0.464 e. The third-order valence-corrected chi connectivity index (χ3v) is 3.76. The van der Waals surface area contributed by atoms with Crippen molar-refractivity contribution in [1.29, 1.82) is 0 Å². The summed E-state index contributed by atoms with van der Waals surface area (Å²) in [4.78, 5) is 12.4. The van der Waals surface area contributed by atoms with Crippen LogP contribution in [0.1, 0.15) is 12.5 Å². The Morgan fingerprint density at radius 1 is 1.53 bits per heavy atom. The highest BCUT2D eigenvalue weighted by Crippen LogP contribution is 2.39. The third kappa shape index (κ3) is 3.54. The van der Waals surface area contributed by atoms with Gasteiger partial charge in [-0.15, -0.1) is 23.9 Å². The van der Waals surface area contributed by atoms with Crippen molar-refractivity contribution < 1.29 is 9.53 Å². The van der Waals surface area contributed by atoms with Crippen molar-refractivity contribution in [1.82, 2.24) is 0 Å². The molecule has 1 unspecified atom stereocenters. The quantitative estimate of drug-likeness (QED) is 0.452.